The molecule has 0 heterocycles. The number of halogens is 3. The van der Waals surface area contributed by atoms with Gasteiger partial charge < -0.3 is 5.32 Å². The van der Waals surface area contributed by atoms with E-state index in [1.807, 2.05) is 0 Å². The van der Waals surface area contributed by atoms with Gasteiger partial charge in [-0.3, -0.25) is 0 Å². The Morgan fingerprint density at radius 3 is 2.05 bits per heavy atom. The zero-order chi connectivity index (χ0) is 15.4. The van der Waals surface area contributed by atoms with Crippen LogP contribution in [0.1, 0.15) is 45.2 Å². The van der Waals surface area contributed by atoms with Crippen LogP contribution in [0.25, 0.3) is 0 Å². The first-order valence-corrected chi connectivity index (χ1v) is 6.99. The van der Waals surface area contributed by atoms with Crippen molar-refractivity contribution in [2.24, 2.45) is 5.92 Å². The average Bonchev–Trinajstić information content (AvgIpc) is 2.26. The molecule has 114 valence electrons. The van der Waals surface area contributed by atoms with Gasteiger partial charge in [0.15, 0.2) is 0 Å². The second-order valence-electron chi connectivity index (χ2n) is 6.47. The zero-order valence-electron chi connectivity index (χ0n) is 12.6. The van der Waals surface area contributed by atoms with Crippen LogP contribution in [0.15, 0.2) is 24.3 Å². The molecule has 1 N–H and O–H groups in total. The highest BCUT2D eigenvalue weighted by Gasteiger charge is 2.29. The van der Waals surface area contributed by atoms with Gasteiger partial charge in [-0.15, -0.1) is 0 Å². The molecule has 0 aromatic heterocycles. The maximum absolute atomic E-state index is 12.5. The average molecular weight is 287 g/mol. The summed E-state index contributed by atoms with van der Waals surface area (Å²) in [5.74, 6) is 0.446. The summed E-state index contributed by atoms with van der Waals surface area (Å²) in [6.45, 7) is 9.40. The van der Waals surface area contributed by atoms with Crippen molar-refractivity contribution in [3.05, 3.63) is 35.4 Å². The predicted molar refractivity (Wildman–Crippen MR) is 76.7 cm³/mol. The number of hydrogen-bond acceptors (Lipinski definition) is 1. The fourth-order valence-electron chi connectivity index (χ4n) is 2.03. The summed E-state index contributed by atoms with van der Waals surface area (Å²) < 4.78 is 37.4. The molecule has 4 heteroatoms. The molecule has 0 radical (unpaired) electrons. The molecule has 0 saturated carbocycles. The third-order valence-corrected chi connectivity index (χ3v) is 3.16. The van der Waals surface area contributed by atoms with Crippen molar-refractivity contribution in [2.75, 3.05) is 6.54 Å². The Morgan fingerprint density at radius 2 is 1.60 bits per heavy atom. The monoisotopic (exact) mass is 287 g/mol. The number of alkyl halides is 3. The summed E-state index contributed by atoms with van der Waals surface area (Å²) in [6.07, 6.45) is -2.43. The minimum atomic E-state index is -4.25. The summed E-state index contributed by atoms with van der Waals surface area (Å²) >= 11 is 0. The number of benzene rings is 1. The fourth-order valence-corrected chi connectivity index (χ4v) is 2.03. The van der Waals surface area contributed by atoms with Crippen molar-refractivity contribution < 1.29 is 13.2 Å². The zero-order valence-corrected chi connectivity index (χ0v) is 12.6. The van der Waals surface area contributed by atoms with E-state index in [2.05, 4.69) is 33.0 Å². The lowest BCUT2D eigenvalue weighted by atomic mass is 9.97. The first-order chi connectivity index (χ1) is 9.08. The van der Waals surface area contributed by atoms with Crippen LogP contribution < -0.4 is 5.32 Å². The minimum Gasteiger partial charge on any atom is -0.312 e. The molecule has 0 saturated heterocycles. The van der Waals surface area contributed by atoms with Crippen LogP contribution >= 0.6 is 0 Å². The number of hydrogen-bond donors (Lipinski definition) is 1. The van der Waals surface area contributed by atoms with Gasteiger partial charge in [-0.2, -0.15) is 13.2 Å². The molecule has 0 aliphatic heterocycles. The van der Waals surface area contributed by atoms with E-state index in [4.69, 9.17) is 0 Å². The van der Waals surface area contributed by atoms with Crippen LogP contribution in [-0.4, -0.2) is 12.1 Å². The van der Waals surface area contributed by atoms with Crippen LogP contribution in [0, 0.1) is 5.92 Å². The van der Waals surface area contributed by atoms with E-state index in [-0.39, 0.29) is 5.54 Å². The van der Waals surface area contributed by atoms with Gasteiger partial charge >= 0.3 is 6.18 Å². The SMILES string of the molecule is CC(CCNC(C)(C)C)Cc1ccc(C(F)(F)F)cc1. The minimum absolute atomic E-state index is 0.105. The van der Waals surface area contributed by atoms with E-state index < -0.39 is 11.7 Å². The van der Waals surface area contributed by atoms with Crippen LogP contribution in [0.3, 0.4) is 0 Å². The van der Waals surface area contributed by atoms with Gasteiger partial charge in [0.05, 0.1) is 5.56 Å². The largest absolute Gasteiger partial charge is 0.416 e. The molecule has 20 heavy (non-hydrogen) atoms. The molecule has 0 fully saturated rings. The van der Waals surface area contributed by atoms with Crippen molar-refractivity contribution in [2.45, 2.75) is 52.3 Å². The van der Waals surface area contributed by atoms with Crippen molar-refractivity contribution in [3.63, 3.8) is 0 Å². The van der Waals surface area contributed by atoms with Crippen LogP contribution in [0.5, 0.6) is 0 Å². The third-order valence-electron chi connectivity index (χ3n) is 3.16. The summed E-state index contributed by atoms with van der Waals surface area (Å²) in [6, 6.07) is 5.48. The van der Waals surface area contributed by atoms with E-state index in [1.54, 1.807) is 12.1 Å². The maximum atomic E-state index is 12.5. The lowest BCUT2D eigenvalue weighted by Crippen LogP contribution is -2.37. The molecule has 0 spiro atoms. The van der Waals surface area contributed by atoms with E-state index >= 15 is 0 Å². The predicted octanol–water partition coefficient (Wildman–Crippen LogP) is 4.66. The normalized spacial score (nSPS) is 14.3. The standard InChI is InChI=1S/C16H24F3N/c1-12(9-10-20-15(2,3)4)11-13-5-7-14(8-6-13)16(17,18)19/h5-8,12,20H,9-11H2,1-4H3. The Morgan fingerprint density at radius 1 is 1.05 bits per heavy atom. The van der Waals surface area contributed by atoms with Crippen LogP contribution in [0.4, 0.5) is 13.2 Å². The second-order valence-corrected chi connectivity index (χ2v) is 6.47. The highest BCUT2D eigenvalue weighted by atomic mass is 19.4. The summed E-state index contributed by atoms with van der Waals surface area (Å²) in [5.41, 5.74) is 0.484. The molecule has 1 atom stereocenters. The smallest absolute Gasteiger partial charge is 0.312 e. The van der Waals surface area contributed by atoms with Crippen molar-refractivity contribution in [3.8, 4) is 0 Å². The molecular formula is C16H24F3N. The van der Waals surface area contributed by atoms with Crippen LogP contribution in [0.2, 0.25) is 0 Å². The van der Waals surface area contributed by atoms with Gasteiger partial charge in [0.2, 0.25) is 0 Å². The summed E-state index contributed by atoms with van der Waals surface area (Å²) in [5, 5.41) is 3.42. The van der Waals surface area contributed by atoms with Crippen molar-refractivity contribution >= 4 is 0 Å². The summed E-state index contributed by atoms with van der Waals surface area (Å²) in [7, 11) is 0. The fraction of sp³-hybridized carbons (Fsp3) is 0.625. The Hall–Kier alpha value is -1.03. The van der Waals surface area contributed by atoms with Gasteiger partial charge in [-0.25, -0.2) is 0 Å². The van der Waals surface area contributed by atoms with E-state index in [1.165, 1.54) is 0 Å². The molecule has 1 aromatic rings. The highest BCUT2D eigenvalue weighted by molar-refractivity contribution is 5.24. The Labute approximate surface area is 119 Å². The molecule has 1 unspecified atom stereocenters. The first kappa shape index (κ1) is 17.0. The molecule has 0 aliphatic rings. The third kappa shape index (κ3) is 6.42. The topological polar surface area (TPSA) is 12.0 Å². The Balaban J connectivity index is 2.44. The lowest BCUT2D eigenvalue weighted by Gasteiger charge is -2.22. The van der Waals surface area contributed by atoms with Gasteiger partial charge in [0, 0.05) is 5.54 Å². The van der Waals surface area contributed by atoms with Gasteiger partial charge in [-0.05, 0) is 63.8 Å². The lowest BCUT2D eigenvalue weighted by molar-refractivity contribution is -0.137. The van der Waals surface area contributed by atoms with Crippen LogP contribution in [-0.2, 0) is 12.6 Å². The molecule has 1 aromatic carbocycles. The molecule has 0 bridgehead atoms. The van der Waals surface area contributed by atoms with Gasteiger partial charge in [-0.1, -0.05) is 19.1 Å². The quantitative estimate of drug-likeness (QED) is 0.830. The summed E-state index contributed by atoms with van der Waals surface area (Å²) in [4.78, 5) is 0. The molecular weight excluding hydrogens is 263 g/mol. The highest BCUT2D eigenvalue weighted by Crippen LogP contribution is 2.29. The Bertz CT molecular complexity index is 401. The number of nitrogens with one attached hydrogen (secondary N) is 1. The molecule has 0 amide bonds. The molecule has 1 nitrogen and oxygen atoms in total. The van der Waals surface area contributed by atoms with Crippen molar-refractivity contribution in [1.82, 2.24) is 5.32 Å². The van der Waals surface area contributed by atoms with Gasteiger partial charge in [0.1, 0.15) is 0 Å². The van der Waals surface area contributed by atoms with E-state index in [0.717, 1.165) is 37.1 Å². The van der Waals surface area contributed by atoms with E-state index in [0.29, 0.717) is 5.92 Å². The maximum Gasteiger partial charge on any atom is 0.416 e. The Kier molecular flexibility index (Phi) is 5.63. The van der Waals surface area contributed by atoms with Crippen molar-refractivity contribution in [1.29, 1.82) is 0 Å². The first-order valence-electron chi connectivity index (χ1n) is 6.99. The number of rotatable bonds is 5. The van der Waals surface area contributed by atoms with E-state index in [9.17, 15) is 13.2 Å². The second kappa shape index (κ2) is 6.61. The molecule has 1 rings (SSSR count). The van der Waals surface area contributed by atoms with Gasteiger partial charge in [0.25, 0.3) is 0 Å². The molecule has 0 aliphatic carbocycles.